The van der Waals surface area contributed by atoms with E-state index in [2.05, 4.69) is 16.7 Å². The van der Waals surface area contributed by atoms with E-state index < -0.39 is 5.91 Å². The van der Waals surface area contributed by atoms with Gasteiger partial charge in [-0.05, 0) is 37.1 Å². The van der Waals surface area contributed by atoms with Crippen LogP contribution >= 0.6 is 0 Å². The van der Waals surface area contributed by atoms with Gasteiger partial charge in [0.15, 0.2) is 0 Å². The maximum atomic E-state index is 12.3. The van der Waals surface area contributed by atoms with Gasteiger partial charge < -0.3 is 15.4 Å². The summed E-state index contributed by atoms with van der Waals surface area (Å²) in [5.41, 5.74) is 3.23. The van der Waals surface area contributed by atoms with Crippen LogP contribution in [0.4, 0.5) is 0 Å². The molecule has 0 saturated heterocycles. The molecule has 0 aliphatic heterocycles. The van der Waals surface area contributed by atoms with Crippen molar-refractivity contribution in [1.82, 2.24) is 10.6 Å². The fourth-order valence-corrected chi connectivity index (χ4v) is 2.49. The molecule has 1 unspecified atom stereocenters. The lowest BCUT2D eigenvalue weighted by atomic mass is 10.1. The van der Waals surface area contributed by atoms with Gasteiger partial charge in [0.25, 0.3) is 5.91 Å². The highest BCUT2D eigenvalue weighted by molar-refractivity contribution is 5.97. The molecule has 0 aromatic heterocycles. The van der Waals surface area contributed by atoms with E-state index in [1.54, 1.807) is 7.11 Å². The smallest absolute Gasteiger partial charge is 0.263 e. The van der Waals surface area contributed by atoms with E-state index in [1.165, 1.54) is 11.8 Å². The van der Waals surface area contributed by atoms with Crippen LogP contribution in [0.2, 0.25) is 0 Å². The van der Waals surface area contributed by atoms with Crippen molar-refractivity contribution in [3.63, 3.8) is 0 Å². The van der Waals surface area contributed by atoms with Crippen LogP contribution in [0.3, 0.4) is 0 Å². The number of carbonyl (C=O) groups excluding carboxylic acids is 1. The lowest BCUT2D eigenvalue weighted by Gasteiger charge is -2.14. The number of benzene rings is 2. The minimum atomic E-state index is -0.410. The van der Waals surface area contributed by atoms with E-state index in [0.717, 1.165) is 16.9 Å². The van der Waals surface area contributed by atoms with Gasteiger partial charge >= 0.3 is 0 Å². The van der Waals surface area contributed by atoms with Gasteiger partial charge in [0.1, 0.15) is 17.4 Å². The van der Waals surface area contributed by atoms with Gasteiger partial charge in [0.05, 0.1) is 13.2 Å². The van der Waals surface area contributed by atoms with Crippen LogP contribution < -0.4 is 15.4 Å². The number of ether oxygens (including phenoxy) is 1. The molecule has 5 nitrogen and oxygen atoms in total. The minimum Gasteiger partial charge on any atom is -0.497 e. The molecule has 134 valence electrons. The molecule has 0 aliphatic carbocycles. The van der Waals surface area contributed by atoms with Crippen LogP contribution in [0.1, 0.15) is 29.7 Å². The normalized spacial score (nSPS) is 12.0. The Kier molecular flexibility index (Phi) is 6.81. The number of hydrogen-bond donors (Lipinski definition) is 2. The second kappa shape index (κ2) is 9.28. The SMILES string of the molecule is COc1ccc(C(C)NC(=O)/C(C#N)=C\NCc2cccc(C)c2)cc1. The van der Waals surface area contributed by atoms with Crippen LogP contribution in [-0.2, 0) is 11.3 Å². The van der Waals surface area contributed by atoms with Crippen molar-refractivity contribution in [3.05, 3.63) is 77.0 Å². The summed E-state index contributed by atoms with van der Waals surface area (Å²) in [5, 5.41) is 15.1. The first-order valence-corrected chi connectivity index (χ1v) is 8.37. The zero-order chi connectivity index (χ0) is 18.9. The molecule has 2 N–H and O–H groups in total. The number of aryl methyl sites for hydroxylation is 1. The number of carbonyl (C=O) groups is 1. The first kappa shape index (κ1) is 19.1. The van der Waals surface area contributed by atoms with Crippen molar-refractivity contribution >= 4 is 5.91 Å². The third kappa shape index (κ3) is 5.38. The van der Waals surface area contributed by atoms with Crippen LogP contribution in [0.15, 0.2) is 60.3 Å². The second-order valence-corrected chi connectivity index (χ2v) is 6.01. The zero-order valence-corrected chi connectivity index (χ0v) is 15.2. The molecular formula is C21H23N3O2. The third-order valence-electron chi connectivity index (χ3n) is 3.96. The molecule has 5 heteroatoms. The number of nitrogens with zero attached hydrogens (tertiary/aromatic N) is 1. The average molecular weight is 349 g/mol. The summed E-state index contributed by atoms with van der Waals surface area (Å²) in [6, 6.07) is 17.2. The molecule has 0 heterocycles. The van der Waals surface area contributed by atoms with Gasteiger partial charge in [-0.15, -0.1) is 0 Å². The van der Waals surface area contributed by atoms with Gasteiger partial charge in [-0.1, -0.05) is 42.0 Å². The van der Waals surface area contributed by atoms with Crippen molar-refractivity contribution in [1.29, 1.82) is 5.26 Å². The highest BCUT2D eigenvalue weighted by Crippen LogP contribution is 2.17. The summed E-state index contributed by atoms with van der Waals surface area (Å²) < 4.78 is 5.13. The van der Waals surface area contributed by atoms with Crippen molar-refractivity contribution in [2.24, 2.45) is 0 Å². The number of hydrogen-bond acceptors (Lipinski definition) is 4. The lowest BCUT2D eigenvalue weighted by molar-refractivity contribution is -0.117. The topological polar surface area (TPSA) is 74.1 Å². The number of amides is 1. The molecule has 0 spiro atoms. The Morgan fingerprint density at radius 2 is 2.00 bits per heavy atom. The Bertz CT molecular complexity index is 820. The predicted molar refractivity (Wildman–Crippen MR) is 101 cm³/mol. The molecule has 0 saturated carbocycles. The van der Waals surface area contributed by atoms with E-state index in [0.29, 0.717) is 6.54 Å². The van der Waals surface area contributed by atoms with E-state index in [9.17, 15) is 10.1 Å². The Hall–Kier alpha value is -3.26. The quantitative estimate of drug-likeness (QED) is 0.594. The molecule has 2 aromatic rings. The Morgan fingerprint density at radius 3 is 2.62 bits per heavy atom. The molecular weight excluding hydrogens is 326 g/mol. The van der Waals surface area contributed by atoms with Crippen LogP contribution in [0.5, 0.6) is 5.75 Å². The van der Waals surface area contributed by atoms with Gasteiger partial charge in [-0.2, -0.15) is 5.26 Å². The van der Waals surface area contributed by atoms with Crippen LogP contribution in [-0.4, -0.2) is 13.0 Å². The summed E-state index contributed by atoms with van der Waals surface area (Å²) in [4.78, 5) is 12.3. The Balaban J connectivity index is 1.95. The predicted octanol–water partition coefficient (Wildman–Crippen LogP) is 3.38. The van der Waals surface area contributed by atoms with Crippen molar-refractivity contribution in [2.45, 2.75) is 26.4 Å². The van der Waals surface area contributed by atoms with Gasteiger partial charge in [-0.25, -0.2) is 0 Å². The van der Waals surface area contributed by atoms with Gasteiger partial charge in [-0.3, -0.25) is 4.79 Å². The van der Waals surface area contributed by atoms with E-state index in [-0.39, 0.29) is 11.6 Å². The summed E-state index contributed by atoms with van der Waals surface area (Å²) in [6.07, 6.45) is 1.46. The van der Waals surface area contributed by atoms with Crippen LogP contribution in [0, 0.1) is 18.3 Å². The van der Waals surface area contributed by atoms with Gasteiger partial charge in [0.2, 0.25) is 0 Å². The Labute approximate surface area is 154 Å². The van der Waals surface area contributed by atoms with Crippen molar-refractivity contribution in [2.75, 3.05) is 7.11 Å². The molecule has 0 aliphatic rings. The van der Waals surface area contributed by atoms with Crippen molar-refractivity contribution < 1.29 is 9.53 Å². The monoisotopic (exact) mass is 349 g/mol. The number of nitrogens with one attached hydrogen (secondary N) is 2. The maximum Gasteiger partial charge on any atom is 0.263 e. The fourth-order valence-electron chi connectivity index (χ4n) is 2.49. The van der Waals surface area contributed by atoms with Crippen LogP contribution in [0.25, 0.3) is 0 Å². The zero-order valence-electron chi connectivity index (χ0n) is 15.2. The fraction of sp³-hybridized carbons (Fsp3) is 0.238. The summed E-state index contributed by atoms with van der Waals surface area (Å²) >= 11 is 0. The van der Waals surface area contributed by atoms with E-state index in [4.69, 9.17) is 4.74 Å². The molecule has 0 bridgehead atoms. The average Bonchev–Trinajstić information content (AvgIpc) is 2.65. The first-order chi connectivity index (χ1) is 12.5. The highest BCUT2D eigenvalue weighted by atomic mass is 16.5. The van der Waals surface area contributed by atoms with Crippen molar-refractivity contribution in [3.8, 4) is 11.8 Å². The lowest BCUT2D eigenvalue weighted by Crippen LogP contribution is -2.28. The summed E-state index contributed by atoms with van der Waals surface area (Å²) in [7, 11) is 1.61. The molecule has 26 heavy (non-hydrogen) atoms. The number of nitriles is 1. The number of rotatable bonds is 7. The largest absolute Gasteiger partial charge is 0.497 e. The van der Waals surface area contributed by atoms with E-state index >= 15 is 0 Å². The minimum absolute atomic E-state index is 0.0398. The maximum absolute atomic E-state index is 12.3. The second-order valence-electron chi connectivity index (χ2n) is 6.01. The molecule has 0 radical (unpaired) electrons. The molecule has 1 atom stereocenters. The molecule has 2 aromatic carbocycles. The molecule has 2 rings (SSSR count). The standard InChI is InChI=1S/C21H23N3O2/c1-15-5-4-6-17(11-15)13-23-14-19(12-22)21(25)24-16(2)18-7-9-20(26-3)10-8-18/h4-11,14,16,23H,13H2,1-3H3,(H,24,25)/b19-14-. The third-order valence-corrected chi connectivity index (χ3v) is 3.96. The molecule has 0 fully saturated rings. The molecule has 1 amide bonds. The van der Waals surface area contributed by atoms with Gasteiger partial charge in [0, 0.05) is 12.7 Å². The highest BCUT2D eigenvalue weighted by Gasteiger charge is 2.13. The summed E-state index contributed by atoms with van der Waals surface area (Å²) in [5.74, 6) is 0.345. The van der Waals surface area contributed by atoms with E-state index in [1.807, 2.05) is 62.4 Å². The summed E-state index contributed by atoms with van der Waals surface area (Å²) in [6.45, 7) is 4.44. The first-order valence-electron chi connectivity index (χ1n) is 8.37. The Morgan fingerprint density at radius 1 is 1.27 bits per heavy atom. The number of methoxy groups -OCH3 is 1.